The number of anilines is 2. The second kappa shape index (κ2) is 8.64. The maximum absolute atomic E-state index is 6.15. The van der Waals surface area contributed by atoms with Crippen molar-refractivity contribution in [1.82, 2.24) is 14.9 Å². The number of aromatic nitrogens is 2. The molecule has 0 bridgehead atoms. The molecule has 3 N–H and O–H groups in total. The molecule has 2 aromatic rings. The molecule has 0 saturated carbocycles. The van der Waals surface area contributed by atoms with Gasteiger partial charge < -0.3 is 20.5 Å². The van der Waals surface area contributed by atoms with Gasteiger partial charge in [0.1, 0.15) is 17.8 Å². The Morgan fingerprint density at radius 3 is 2.72 bits per heavy atom. The molecule has 1 aromatic heterocycles. The van der Waals surface area contributed by atoms with Crippen molar-refractivity contribution in [2.75, 3.05) is 50.4 Å². The van der Waals surface area contributed by atoms with Gasteiger partial charge in [0.2, 0.25) is 5.88 Å². The Morgan fingerprint density at radius 2 is 1.96 bits per heavy atom. The Bertz CT molecular complexity index is 672. The summed E-state index contributed by atoms with van der Waals surface area (Å²) in [5.74, 6) is 1.68. The van der Waals surface area contributed by atoms with E-state index in [2.05, 4.69) is 20.2 Å². The summed E-state index contributed by atoms with van der Waals surface area (Å²) in [6.07, 6.45) is 2.47. The van der Waals surface area contributed by atoms with Crippen molar-refractivity contribution in [3.63, 3.8) is 0 Å². The molecule has 3 rings (SSSR count). The van der Waals surface area contributed by atoms with Crippen LogP contribution in [0.1, 0.15) is 12.0 Å². The maximum atomic E-state index is 6.15. The van der Waals surface area contributed by atoms with Crippen LogP contribution >= 0.6 is 0 Å². The van der Waals surface area contributed by atoms with Crippen LogP contribution in [0.2, 0.25) is 0 Å². The zero-order chi connectivity index (χ0) is 17.5. The van der Waals surface area contributed by atoms with Gasteiger partial charge in [-0.1, -0.05) is 17.7 Å². The van der Waals surface area contributed by atoms with Crippen LogP contribution in [0.3, 0.4) is 0 Å². The van der Waals surface area contributed by atoms with Crippen LogP contribution in [0.5, 0.6) is 11.6 Å². The van der Waals surface area contributed by atoms with Crippen molar-refractivity contribution in [3.05, 3.63) is 36.2 Å². The molecule has 7 nitrogen and oxygen atoms in total. The number of ether oxygens (including phenoxy) is 2. The minimum absolute atomic E-state index is 0.370. The van der Waals surface area contributed by atoms with E-state index in [0.717, 1.165) is 45.8 Å². The normalized spacial score (nSPS) is 15.1. The lowest BCUT2D eigenvalue weighted by molar-refractivity contribution is 0.0378. The minimum atomic E-state index is 0.370. The van der Waals surface area contributed by atoms with E-state index in [-0.39, 0.29) is 0 Å². The Kier molecular flexibility index (Phi) is 6.03. The zero-order valence-electron chi connectivity index (χ0n) is 14.6. The largest absolute Gasteiger partial charge is 0.437 e. The second-order valence-electron chi connectivity index (χ2n) is 6.09. The fourth-order valence-corrected chi connectivity index (χ4v) is 2.65. The van der Waals surface area contributed by atoms with Gasteiger partial charge in [-0.15, -0.1) is 0 Å². The molecule has 0 spiro atoms. The third kappa shape index (κ3) is 5.04. The first-order valence-electron chi connectivity index (χ1n) is 8.61. The van der Waals surface area contributed by atoms with Crippen molar-refractivity contribution in [2.24, 2.45) is 0 Å². The van der Waals surface area contributed by atoms with Gasteiger partial charge in [0, 0.05) is 19.6 Å². The van der Waals surface area contributed by atoms with Crippen LogP contribution in [0.25, 0.3) is 0 Å². The number of rotatable bonds is 7. The number of nitrogens with one attached hydrogen (secondary N) is 1. The van der Waals surface area contributed by atoms with Crippen LogP contribution in [-0.4, -0.2) is 54.3 Å². The van der Waals surface area contributed by atoms with E-state index in [1.54, 1.807) is 0 Å². The average Bonchev–Trinajstić information content (AvgIpc) is 2.64. The summed E-state index contributed by atoms with van der Waals surface area (Å²) in [6.45, 7) is 7.52. The Balaban J connectivity index is 1.52. The first-order chi connectivity index (χ1) is 12.2. The van der Waals surface area contributed by atoms with E-state index in [1.165, 1.54) is 11.9 Å². The molecule has 7 heteroatoms. The highest BCUT2D eigenvalue weighted by molar-refractivity contribution is 5.66. The smallest absolute Gasteiger partial charge is 0.248 e. The molecule has 1 aliphatic rings. The number of aryl methyl sites for hydroxylation is 1. The van der Waals surface area contributed by atoms with Gasteiger partial charge in [0.05, 0.1) is 13.2 Å². The molecule has 0 atom stereocenters. The molecular weight excluding hydrogens is 318 g/mol. The summed E-state index contributed by atoms with van der Waals surface area (Å²) in [4.78, 5) is 10.8. The van der Waals surface area contributed by atoms with Crippen molar-refractivity contribution < 1.29 is 9.47 Å². The number of hydrogen-bond donors (Lipinski definition) is 2. The summed E-state index contributed by atoms with van der Waals surface area (Å²) in [5.41, 5.74) is 7.74. The number of morpholine rings is 1. The lowest BCUT2D eigenvalue weighted by Gasteiger charge is -2.26. The number of nitrogens with two attached hydrogens (primary N) is 1. The minimum Gasteiger partial charge on any atom is -0.437 e. The van der Waals surface area contributed by atoms with E-state index in [9.17, 15) is 0 Å². The number of nitrogen functional groups attached to an aromatic ring is 1. The Morgan fingerprint density at radius 1 is 1.20 bits per heavy atom. The Labute approximate surface area is 148 Å². The Hall–Kier alpha value is -2.38. The summed E-state index contributed by atoms with van der Waals surface area (Å²) in [7, 11) is 0. The summed E-state index contributed by atoms with van der Waals surface area (Å²) in [6, 6.07) is 7.76. The van der Waals surface area contributed by atoms with Crippen LogP contribution in [0.15, 0.2) is 30.6 Å². The van der Waals surface area contributed by atoms with Crippen LogP contribution < -0.4 is 15.8 Å². The van der Waals surface area contributed by atoms with E-state index in [0.29, 0.717) is 23.1 Å². The molecule has 1 aromatic carbocycles. The number of benzene rings is 1. The monoisotopic (exact) mass is 343 g/mol. The van der Waals surface area contributed by atoms with Gasteiger partial charge in [-0.05, 0) is 32.0 Å². The van der Waals surface area contributed by atoms with Gasteiger partial charge in [-0.2, -0.15) is 4.98 Å². The van der Waals surface area contributed by atoms with Gasteiger partial charge in [-0.3, -0.25) is 4.90 Å². The molecule has 0 aliphatic carbocycles. The lowest BCUT2D eigenvalue weighted by Crippen LogP contribution is -2.37. The molecular formula is C18H25N5O2. The van der Waals surface area contributed by atoms with Gasteiger partial charge in [-0.25, -0.2) is 4.98 Å². The molecule has 1 saturated heterocycles. The number of hydrogen-bond acceptors (Lipinski definition) is 7. The standard InChI is InChI=1S/C18H25N5O2/c1-14-3-5-15(6-4-14)25-18-16(19)17(21-13-22-18)20-7-2-8-23-9-11-24-12-10-23/h3-6,13H,2,7-12,19H2,1H3,(H,20,21,22). The van der Waals surface area contributed by atoms with Gasteiger partial charge >= 0.3 is 0 Å². The zero-order valence-corrected chi connectivity index (χ0v) is 14.6. The van der Waals surface area contributed by atoms with Crippen molar-refractivity contribution in [1.29, 1.82) is 0 Å². The number of nitrogens with zero attached hydrogens (tertiary/aromatic N) is 3. The fraction of sp³-hybridized carbons (Fsp3) is 0.444. The fourth-order valence-electron chi connectivity index (χ4n) is 2.65. The average molecular weight is 343 g/mol. The molecule has 1 aliphatic heterocycles. The highest BCUT2D eigenvalue weighted by Gasteiger charge is 2.11. The molecule has 134 valence electrons. The molecule has 0 amide bonds. The van der Waals surface area contributed by atoms with Crippen LogP contribution in [-0.2, 0) is 4.74 Å². The van der Waals surface area contributed by atoms with E-state index in [4.69, 9.17) is 15.2 Å². The topological polar surface area (TPSA) is 85.5 Å². The summed E-state index contributed by atoms with van der Waals surface area (Å²) < 4.78 is 11.1. The molecule has 0 unspecified atom stereocenters. The highest BCUT2D eigenvalue weighted by atomic mass is 16.5. The first kappa shape index (κ1) is 17.4. The van der Waals surface area contributed by atoms with Crippen molar-refractivity contribution in [3.8, 4) is 11.6 Å². The quantitative estimate of drug-likeness (QED) is 0.746. The lowest BCUT2D eigenvalue weighted by atomic mass is 10.2. The SMILES string of the molecule is Cc1ccc(Oc2ncnc(NCCCN3CCOCC3)c2N)cc1. The van der Waals surface area contributed by atoms with Crippen molar-refractivity contribution >= 4 is 11.5 Å². The summed E-state index contributed by atoms with van der Waals surface area (Å²) in [5, 5.41) is 3.27. The van der Waals surface area contributed by atoms with Gasteiger partial charge in [0.25, 0.3) is 0 Å². The maximum Gasteiger partial charge on any atom is 0.248 e. The highest BCUT2D eigenvalue weighted by Crippen LogP contribution is 2.29. The second-order valence-corrected chi connectivity index (χ2v) is 6.09. The van der Waals surface area contributed by atoms with Crippen LogP contribution in [0, 0.1) is 6.92 Å². The third-order valence-corrected chi connectivity index (χ3v) is 4.13. The van der Waals surface area contributed by atoms with Crippen LogP contribution in [0.4, 0.5) is 11.5 Å². The molecule has 25 heavy (non-hydrogen) atoms. The predicted octanol–water partition coefficient (Wildman–Crippen LogP) is 2.29. The van der Waals surface area contributed by atoms with E-state index < -0.39 is 0 Å². The summed E-state index contributed by atoms with van der Waals surface area (Å²) >= 11 is 0. The first-order valence-corrected chi connectivity index (χ1v) is 8.61. The predicted molar refractivity (Wildman–Crippen MR) is 98.1 cm³/mol. The van der Waals surface area contributed by atoms with Crippen molar-refractivity contribution in [2.45, 2.75) is 13.3 Å². The molecule has 1 fully saturated rings. The van der Waals surface area contributed by atoms with E-state index in [1.807, 2.05) is 31.2 Å². The van der Waals surface area contributed by atoms with E-state index >= 15 is 0 Å². The molecule has 0 radical (unpaired) electrons. The third-order valence-electron chi connectivity index (χ3n) is 4.13. The van der Waals surface area contributed by atoms with Gasteiger partial charge in [0.15, 0.2) is 5.82 Å². The molecule has 2 heterocycles.